The summed E-state index contributed by atoms with van der Waals surface area (Å²) in [6, 6.07) is 11.5. The van der Waals surface area contributed by atoms with Crippen molar-refractivity contribution in [3.63, 3.8) is 0 Å². The fourth-order valence-corrected chi connectivity index (χ4v) is 3.45. The van der Waals surface area contributed by atoms with Gasteiger partial charge in [-0.1, -0.05) is 30.3 Å². The van der Waals surface area contributed by atoms with Crippen molar-refractivity contribution >= 4 is 11.7 Å². The highest BCUT2D eigenvalue weighted by Crippen LogP contribution is 2.25. The van der Waals surface area contributed by atoms with Gasteiger partial charge < -0.3 is 14.6 Å². The number of methoxy groups -OCH3 is 1. The van der Waals surface area contributed by atoms with Gasteiger partial charge in [-0.05, 0) is 24.1 Å². The Balaban J connectivity index is 1.68. The van der Waals surface area contributed by atoms with Crippen molar-refractivity contribution in [1.82, 2.24) is 4.98 Å². The lowest BCUT2D eigenvalue weighted by atomic mass is 9.88. The Hall–Kier alpha value is -2.57. The molecule has 0 radical (unpaired) electrons. The van der Waals surface area contributed by atoms with Crippen molar-refractivity contribution in [3.05, 3.63) is 65.0 Å². The highest BCUT2D eigenvalue weighted by Gasteiger charge is 2.25. The first kappa shape index (κ1) is 20.2. The van der Waals surface area contributed by atoms with E-state index >= 15 is 0 Å². The summed E-state index contributed by atoms with van der Waals surface area (Å²) in [5.74, 6) is 0.339. The van der Waals surface area contributed by atoms with E-state index in [9.17, 15) is 9.90 Å². The molecular formula is C22H26N2O4. The van der Waals surface area contributed by atoms with Crippen LogP contribution in [0.1, 0.15) is 41.6 Å². The largest absolute Gasteiger partial charge is 0.478 e. The highest BCUT2D eigenvalue weighted by atomic mass is 16.5. The molecule has 2 heterocycles. The Morgan fingerprint density at radius 1 is 1.29 bits per heavy atom. The van der Waals surface area contributed by atoms with Crippen LogP contribution < -0.4 is 0 Å². The third-order valence-electron chi connectivity index (χ3n) is 4.81. The Morgan fingerprint density at radius 2 is 2.07 bits per heavy atom. The maximum atomic E-state index is 12.7. The van der Waals surface area contributed by atoms with E-state index in [0.717, 1.165) is 16.7 Å². The average Bonchev–Trinajstić information content (AvgIpc) is 3.09. The second kappa shape index (κ2) is 9.57. The summed E-state index contributed by atoms with van der Waals surface area (Å²) in [5, 5.41) is 10.5. The van der Waals surface area contributed by atoms with Crippen LogP contribution in [0.2, 0.25) is 0 Å². The van der Waals surface area contributed by atoms with Crippen LogP contribution in [0.25, 0.3) is 0 Å². The number of aliphatic hydroxyl groups is 1. The molecule has 1 aliphatic rings. The SMILES string of the molecule is CCOC1=NCc2cc(CC(=O)C[C@H](c3ccccc3)[C@H](O)COC)ncc21. The number of aliphatic imine (C=N–C) groups is 1. The van der Waals surface area contributed by atoms with Gasteiger partial charge in [0, 0.05) is 37.8 Å². The Labute approximate surface area is 165 Å². The van der Waals surface area contributed by atoms with Crippen LogP contribution in [-0.4, -0.2) is 48.2 Å². The lowest BCUT2D eigenvalue weighted by Gasteiger charge is -2.22. The first-order valence-electron chi connectivity index (χ1n) is 9.51. The molecule has 1 aliphatic heterocycles. The number of carbonyl (C=O) groups is 1. The number of fused-ring (bicyclic) bond motifs is 1. The van der Waals surface area contributed by atoms with Gasteiger partial charge in [0.05, 0.1) is 31.4 Å². The second-order valence-corrected chi connectivity index (χ2v) is 6.85. The van der Waals surface area contributed by atoms with Gasteiger partial charge in [-0.25, -0.2) is 4.99 Å². The molecule has 0 spiro atoms. The first-order valence-corrected chi connectivity index (χ1v) is 9.51. The summed E-state index contributed by atoms with van der Waals surface area (Å²) < 4.78 is 10.6. The van der Waals surface area contributed by atoms with E-state index in [1.807, 2.05) is 43.3 Å². The van der Waals surface area contributed by atoms with E-state index in [1.165, 1.54) is 0 Å². The van der Waals surface area contributed by atoms with Gasteiger partial charge in [0.25, 0.3) is 0 Å². The Kier molecular flexibility index (Phi) is 6.90. The van der Waals surface area contributed by atoms with Gasteiger partial charge in [0.15, 0.2) is 0 Å². The van der Waals surface area contributed by atoms with Crippen LogP contribution in [0, 0.1) is 0 Å². The third-order valence-corrected chi connectivity index (χ3v) is 4.81. The number of nitrogens with zero attached hydrogens (tertiary/aromatic N) is 2. The van der Waals surface area contributed by atoms with E-state index < -0.39 is 6.10 Å². The number of carbonyl (C=O) groups excluding carboxylic acids is 1. The van der Waals surface area contributed by atoms with Gasteiger partial charge in [0.2, 0.25) is 5.90 Å². The molecule has 6 nitrogen and oxygen atoms in total. The molecule has 1 aromatic heterocycles. The number of ether oxygens (including phenoxy) is 2. The summed E-state index contributed by atoms with van der Waals surface area (Å²) in [5.41, 5.74) is 3.57. The molecule has 0 bridgehead atoms. The van der Waals surface area contributed by atoms with Crippen molar-refractivity contribution in [2.45, 2.75) is 38.3 Å². The van der Waals surface area contributed by atoms with Crippen LogP contribution in [0.5, 0.6) is 0 Å². The van der Waals surface area contributed by atoms with Gasteiger partial charge in [-0.15, -0.1) is 0 Å². The van der Waals surface area contributed by atoms with Crippen molar-refractivity contribution in [1.29, 1.82) is 0 Å². The molecule has 0 saturated heterocycles. The molecule has 1 aromatic carbocycles. The lowest BCUT2D eigenvalue weighted by Crippen LogP contribution is -2.26. The summed E-state index contributed by atoms with van der Waals surface area (Å²) in [6.45, 7) is 3.21. The fraction of sp³-hybridized carbons (Fsp3) is 0.409. The molecule has 2 atom stereocenters. The van der Waals surface area contributed by atoms with E-state index in [0.29, 0.717) is 24.7 Å². The zero-order valence-corrected chi connectivity index (χ0v) is 16.3. The van der Waals surface area contributed by atoms with Crippen LogP contribution in [-0.2, 0) is 27.2 Å². The van der Waals surface area contributed by atoms with Crippen LogP contribution in [0.4, 0.5) is 0 Å². The van der Waals surface area contributed by atoms with E-state index in [-0.39, 0.29) is 31.1 Å². The number of aliphatic hydroxyl groups excluding tert-OH is 1. The summed E-state index contributed by atoms with van der Waals surface area (Å²) in [7, 11) is 1.54. The fourth-order valence-electron chi connectivity index (χ4n) is 3.45. The first-order chi connectivity index (χ1) is 13.6. The standard InChI is InChI=1S/C22H26N2O4/c1-3-28-22-20-13-23-17(9-16(20)12-24-22)10-18(25)11-19(21(26)14-27-2)15-7-5-4-6-8-15/h4-9,13,19,21,26H,3,10-12,14H2,1-2H3/t19-,21-/m1/s1. The zero-order valence-electron chi connectivity index (χ0n) is 16.3. The number of hydrogen-bond acceptors (Lipinski definition) is 6. The number of aromatic nitrogens is 1. The minimum absolute atomic E-state index is 0.0282. The minimum Gasteiger partial charge on any atom is -0.478 e. The maximum absolute atomic E-state index is 12.7. The van der Waals surface area contributed by atoms with Gasteiger partial charge in [-0.2, -0.15) is 0 Å². The Morgan fingerprint density at radius 3 is 2.79 bits per heavy atom. The molecule has 0 amide bonds. The van der Waals surface area contributed by atoms with Crippen molar-refractivity contribution in [2.24, 2.45) is 4.99 Å². The molecule has 6 heteroatoms. The van der Waals surface area contributed by atoms with E-state index in [2.05, 4.69) is 9.98 Å². The summed E-state index contributed by atoms with van der Waals surface area (Å²) >= 11 is 0. The molecule has 1 N–H and O–H groups in total. The number of hydrogen-bond donors (Lipinski definition) is 1. The third kappa shape index (κ3) is 4.82. The molecule has 0 unspecified atom stereocenters. The zero-order chi connectivity index (χ0) is 19.9. The number of ketones is 1. The van der Waals surface area contributed by atoms with Crippen LogP contribution >= 0.6 is 0 Å². The van der Waals surface area contributed by atoms with Crippen molar-refractivity contribution < 1.29 is 19.4 Å². The maximum Gasteiger partial charge on any atom is 0.218 e. The normalized spacial score (nSPS) is 14.9. The summed E-state index contributed by atoms with van der Waals surface area (Å²) in [6.07, 6.45) is 1.44. The monoisotopic (exact) mass is 382 g/mol. The van der Waals surface area contributed by atoms with Crippen LogP contribution in [0.3, 0.4) is 0 Å². The molecule has 3 rings (SSSR count). The van der Waals surface area contributed by atoms with E-state index in [4.69, 9.17) is 9.47 Å². The number of benzene rings is 1. The minimum atomic E-state index is -0.744. The number of pyridine rings is 1. The molecule has 28 heavy (non-hydrogen) atoms. The average molecular weight is 382 g/mol. The molecular weight excluding hydrogens is 356 g/mol. The predicted molar refractivity (Wildman–Crippen MR) is 106 cm³/mol. The molecule has 0 aliphatic carbocycles. The molecule has 0 saturated carbocycles. The van der Waals surface area contributed by atoms with Gasteiger partial charge >= 0.3 is 0 Å². The topological polar surface area (TPSA) is 81.0 Å². The quantitative estimate of drug-likeness (QED) is 0.721. The highest BCUT2D eigenvalue weighted by molar-refractivity contribution is 5.97. The lowest BCUT2D eigenvalue weighted by molar-refractivity contribution is -0.119. The van der Waals surface area contributed by atoms with Crippen molar-refractivity contribution in [2.75, 3.05) is 20.3 Å². The van der Waals surface area contributed by atoms with E-state index in [1.54, 1.807) is 13.3 Å². The number of rotatable bonds is 9. The van der Waals surface area contributed by atoms with Gasteiger partial charge in [0.1, 0.15) is 5.78 Å². The van der Waals surface area contributed by atoms with Crippen LogP contribution in [0.15, 0.2) is 47.6 Å². The Bertz CT molecular complexity index is 836. The second-order valence-electron chi connectivity index (χ2n) is 6.85. The smallest absolute Gasteiger partial charge is 0.218 e. The summed E-state index contributed by atoms with van der Waals surface area (Å²) in [4.78, 5) is 21.5. The predicted octanol–water partition coefficient (Wildman–Crippen LogP) is 2.67. The molecule has 2 aromatic rings. The molecule has 148 valence electrons. The number of Topliss-reactive ketones (excluding diaryl/α,β-unsaturated/α-hetero) is 1. The van der Waals surface area contributed by atoms with Gasteiger partial charge in [-0.3, -0.25) is 9.78 Å². The van der Waals surface area contributed by atoms with Crippen molar-refractivity contribution in [3.8, 4) is 0 Å². The molecule has 0 fully saturated rings.